The van der Waals surface area contributed by atoms with Crippen molar-refractivity contribution in [3.63, 3.8) is 0 Å². The Morgan fingerprint density at radius 1 is 1.29 bits per heavy atom. The molecule has 0 aliphatic rings. The molecule has 17 heavy (non-hydrogen) atoms. The van der Waals surface area contributed by atoms with Crippen molar-refractivity contribution in [3.8, 4) is 0 Å². The minimum atomic E-state index is 0.863. The molecule has 84 valence electrons. The van der Waals surface area contributed by atoms with Crippen LogP contribution in [-0.2, 0) is 6.54 Å². The molecule has 2 heterocycles. The fourth-order valence-corrected chi connectivity index (χ4v) is 2.56. The van der Waals surface area contributed by atoms with E-state index in [1.807, 2.05) is 17.1 Å². The van der Waals surface area contributed by atoms with Gasteiger partial charge in [0, 0.05) is 23.6 Å². The second-order valence-electron chi connectivity index (χ2n) is 3.88. The molecule has 0 fully saturated rings. The van der Waals surface area contributed by atoms with Gasteiger partial charge in [-0.25, -0.2) is 4.98 Å². The maximum atomic E-state index is 4.01. The molecule has 0 amide bonds. The molecule has 3 rings (SSSR count). The van der Waals surface area contributed by atoms with E-state index in [2.05, 4.69) is 46.8 Å². The van der Waals surface area contributed by atoms with E-state index in [0.29, 0.717) is 0 Å². The fourth-order valence-electron chi connectivity index (χ4n) is 1.79. The molecule has 0 bridgehead atoms. The zero-order valence-corrected chi connectivity index (χ0v) is 10.1. The second kappa shape index (κ2) is 4.55. The summed E-state index contributed by atoms with van der Waals surface area (Å²) in [5, 5.41) is 3.45. The quantitative estimate of drug-likeness (QED) is 0.680. The topological polar surface area (TPSA) is 17.8 Å². The molecule has 0 N–H and O–H groups in total. The molecule has 0 spiro atoms. The molecule has 2 aromatic heterocycles. The SMILES string of the molecule is C(=Cc1ccc2sccc2c1)Cn1ccnc1. The van der Waals surface area contributed by atoms with E-state index in [9.17, 15) is 0 Å². The van der Waals surface area contributed by atoms with E-state index >= 15 is 0 Å². The first-order chi connectivity index (χ1) is 8.42. The monoisotopic (exact) mass is 240 g/mol. The van der Waals surface area contributed by atoms with Gasteiger partial charge in [0.25, 0.3) is 0 Å². The normalized spacial score (nSPS) is 11.5. The van der Waals surface area contributed by atoms with E-state index in [1.54, 1.807) is 17.5 Å². The molecule has 0 saturated heterocycles. The first-order valence-corrected chi connectivity index (χ1v) is 6.39. The van der Waals surface area contributed by atoms with Gasteiger partial charge in [0.05, 0.1) is 6.33 Å². The molecule has 1 aromatic carbocycles. The largest absolute Gasteiger partial charge is 0.334 e. The van der Waals surface area contributed by atoms with Crippen LogP contribution in [0, 0.1) is 0 Å². The minimum Gasteiger partial charge on any atom is -0.334 e. The van der Waals surface area contributed by atoms with Crippen LogP contribution < -0.4 is 0 Å². The summed E-state index contributed by atoms with van der Waals surface area (Å²) in [6, 6.07) is 8.71. The number of allylic oxidation sites excluding steroid dienone is 1. The average molecular weight is 240 g/mol. The van der Waals surface area contributed by atoms with Crippen LogP contribution in [0.5, 0.6) is 0 Å². The maximum absolute atomic E-state index is 4.01. The summed E-state index contributed by atoms with van der Waals surface area (Å²) in [5.41, 5.74) is 1.25. The molecular formula is C14H12N2S. The molecule has 3 aromatic rings. The summed E-state index contributed by atoms with van der Waals surface area (Å²) in [4.78, 5) is 4.01. The van der Waals surface area contributed by atoms with Gasteiger partial charge in [0.1, 0.15) is 0 Å². The number of hydrogen-bond donors (Lipinski definition) is 0. The number of imidazole rings is 1. The summed E-state index contributed by atoms with van der Waals surface area (Å²) >= 11 is 1.78. The van der Waals surface area contributed by atoms with Gasteiger partial charge < -0.3 is 4.57 Å². The lowest BCUT2D eigenvalue weighted by Crippen LogP contribution is -1.89. The van der Waals surface area contributed by atoms with Crippen molar-refractivity contribution in [3.05, 3.63) is 60.0 Å². The Morgan fingerprint density at radius 3 is 3.18 bits per heavy atom. The van der Waals surface area contributed by atoms with Crippen molar-refractivity contribution in [2.24, 2.45) is 0 Å². The van der Waals surface area contributed by atoms with Crippen LogP contribution in [0.4, 0.5) is 0 Å². The van der Waals surface area contributed by atoms with Crippen LogP contribution in [0.3, 0.4) is 0 Å². The third-order valence-electron chi connectivity index (χ3n) is 2.66. The number of rotatable bonds is 3. The Kier molecular flexibility index (Phi) is 2.76. The predicted octanol–water partition coefficient (Wildman–Crippen LogP) is 3.81. The van der Waals surface area contributed by atoms with Crippen molar-refractivity contribution >= 4 is 27.5 Å². The highest BCUT2D eigenvalue weighted by Gasteiger charge is 1.94. The van der Waals surface area contributed by atoms with Gasteiger partial charge in [-0.15, -0.1) is 11.3 Å². The molecule has 2 nitrogen and oxygen atoms in total. The summed E-state index contributed by atoms with van der Waals surface area (Å²) in [6.07, 6.45) is 9.89. The summed E-state index contributed by atoms with van der Waals surface area (Å²) < 4.78 is 3.39. The number of benzene rings is 1. The van der Waals surface area contributed by atoms with Gasteiger partial charge in [-0.05, 0) is 34.5 Å². The van der Waals surface area contributed by atoms with Crippen molar-refractivity contribution in [2.75, 3.05) is 0 Å². The van der Waals surface area contributed by atoms with Gasteiger partial charge in [-0.2, -0.15) is 0 Å². The Bertz CT molecular complexity index is 635. The molecule has 3 heteroatoms. The first-order valence-electron chi connectivity index (χ1n) is 5.51. The Morgan fingerprint density at radius 2 is 2.29 bits per heavy atom. The molecule has 0 saturated carbocycles. The highest BCUT2D eigenvalue weighted by Crippen LogP contribution is 2.22. The molecular weight excluding hydrogens is 228 g/mol. The van der Waals surface area contributed by atoms with Gasteiger partial charge in [0.15, 0.2) is 0 Å². The summed E-state index contributed by atoms with van der Waals surface area (Å²) in [7, 11) is 0. The van der Waals surface area contributed by atoms with E-state index in [0.717, 1.165) is 6.54 Å². The van der Waals surface area contributed by atoms with Crippen LogP contribution >= 0.6 is 11.3 Å². The maximum Gasteiger partial charge on any atom is 0.0948 e. The lowest BCUT2D eigenvalue weighted by Gasteiger charge is -1.96. The Hall–Kier alpha value is -1.87. The van der Waals surface area contributed by atoms with Crippen LogP contribution in [0.25, 0.3) is 16.2 Å². The van der Waals surface area contributed by atoms with Crippen LogP contribution in [0.1, 0.15) is 5.56 Å². The number of thiophene rings is 1. The second-order valence-corrected chi connectivity index (χ2v) is 4.83. The molecule has 0 aliphatic heterocycles. The van der Waals surface area contributed by atoms with Crippen molar-refractivity contribution in [1.29, 1.82) is 0 Å². The summed E-state index contributed by atoms with van der Waals surface area (Å²) in [6.45, 7) is 0.863. The highest BCUT2D eigenvalue weighted by molar-refractivity contribution is 7.17. The molecule has 0 aliphatic carbocycles. The standard InChI is InChI=1S/C14H12N2S/c1(7-16-8-6-15-11-16)2-12-3-4-14-13(10-12)5-9-17-14/h1-6,8-11H,7H2. The number of hydrogen-bond acceptors (Lipinski definition) is 2. The minimum absolute atomic E-state index is 0.863. The zero-order valence-electron chi connectivity index (χ0n) is 9.28. The predicted molar refractivity (Wildman–Crippen MR) is 73.1 cm³/mol. The van der Waals surface area contributed by atoms with Gasteiger partial charge >= 0.3 is 0 Å². The summed E-state index contributed by atoms with van der Waals surface area (Å²) in [5.74, 6) is 0. The van der Waals surface area contributed by atoms with E-state index in [-0.39, 0.29) is 0 Å². The Balaban J connectivity index is 1.77. The third kappa shape index (κ3) is 2.29. The Labute approximate surface area is 104 Å². The highest BCUT2D eigenvalue weighted by atomic mass is 32.1. The zero-order chi connectivity index (χ0) is 11.5. The van der Waals surface area contributed by atoms with E-state index in [1.165, 1.54) is 15.6 Å². The van der Waals surface area contributed by atoms with Crippen LogP contribution in [0.2, 0.25) is 0 Å². The average Bonchev–Trinajstić information content (AvgIpc) is 2.98. The molecule has 0 unspecified atom stereocenters. The van der Waals surface area contributed by atoms with E-state index in [4.69, 9.17) is 0 Å². The van der Waals surface area contributed by atoms with Crippen LogP contribution in [0.15, 0.2) is 54.4 Å². The van der Waals surface area contributed by atoms with Gasteiger partial charge in [-0.3, -0.25) is 0 Å². The van der Waals surface area contributed by atoms with Gasteiger partial charge in [0.2, 0.25) is 0 Å². The van der Waals surface area contributed by atoms with Crippen molar-refractivity contribution in [2.45, 2.75) is 6.54 Å². The number of nitrogens with zero attached hydrogens (tertiary/aromatic N) is 2. The molecule has 0 atom stereocenters. The van der Waals surface area contributed by atoms with Crippen LogP contribution in [-0.4, -0.2) is 9.55 Å². The van der Waals surface area contributed by atoms with Crippen molar-refractivity contribution in [1.82, 2.24) is 9.55 Å². The lowest BCUT2D eigenvalue weighted by atomic mass is 10.1. The van der Waals surface area contributed by atoms with Gasteiger partial charge in [-0.1, -0.05) is 18.2 Å². The molecule has 0 radical (unpaired) electrons. The van der Waals surface area contributed by atoms with Crippen molar-refractivity contribution < 1.29 is 0 Å². The third-order valence-corrected chi connectivity index (χ3v) is 3.56. The first kappa shape index (κ1) is 10.3. The fraction of sp³-hybridized carbons (Fsp3) is 0.0714. The smallest absolute Gasteiger partial charge is 0.0948 e. The van der Waals surface area contributed by atoms with E-state index < -0.39 is 0 Å². The number of fused-ring (bicyclic) bond motifs is 1. The lowest BCUT2D eigenvalue weighted by molar-refractivity contribution is 0.823. The number of aromatic nitrogens is 2.